The highest BCUT2D eigenvalue weighted by Gasteiger charge is 2.30. The third-order valence-corrected chi connectivity index (χ3v) is 6.98. The Bertz CT molecular complexity index is 1180. The fourth-order valence-electron chi connectivity index (χ4n) is 4.07. The summed E-state index contributed by atoms with van der Waals surface area (Å²) in [5.41, 5.74) is 5.83. The van der Waals surface area contributed by atoms with Crippen LogP contribution in [0, 0.1) is 17.5 Å². The van der Waals surface area contributed by atoms with Crippen molar-refractivity contribution < 1.29 is 23.0 Å². The minimum atomic E-state index is -0.743. The largest absolute Gasteiger partial charge is 0.506 e. The van der Waals surface area contributed by atoms with E-state index in [0.29, 0.717) is 38.9 Å². The van der Waals surface area contributed by atoms with Crippen LogP contribution in [0.5, 0.6) is 5.75 Å². The van der Waals surface area contributed by atoms with Gasteiger partial charge in [-0.15, -0.1) is 11.3 Å². The molecular weight excluding hydrogens is 423 g/mol. The van der Waals surface area contributed by atoms with Crippen LogP contribution in [0.25, 0.3) is 27.0 Å². The smallest absolute Gasteiger partial charge is 0.140 e. The van der Waals surface area contributed by atoms with Gasteiger partial charge < -0.3 is 15.6 Å². The highest BCUT2D eigenvalue weighted by atomic mass is 32.1. The summed E-state index contributed by atoms with van der Waals surface area (Å²) < 4.78 is 50.7. The minimum absolute atomic E-state index is 0.0641. The quantitative estimate of drug-likeness (QED) is 0.429. The number of benzene rings is 2. The van der Waals surface area contributed by atoms with E-state index in [4.69, 9.17) is 4.74 Å². The maximum Gasteiger partial charge on any atom is 0.140 e. The molecule has 1 atom stereocenters. The van der Waals surface area contributed by atoms with E-state index in [2.05, 4.69) is 5.73 Å². The van der Waals surface area contributed by atoms with Gasteiger partial charge in [0, 0.05) is 27.3 Å². The number of hydrogen-bond donors (Lipinski definition) is 2. The number of aliphatic hydroxyl groups excluding tert-OH is 1. The highest BCUT2D eigenvalue weighted by molar-refractivity contribution is 7.20. The Morgan fingerprint density at radius 2 is 1.84 bits per heavy atom. The summed E-state index contributed by atoms with van der Waals surface area (Å²) in [6.45, 7) is 1.87. The zero-order valence-electron chi connectivity index (χ0n) is 17.4. The lowest BCUT2D eigenvalue weighted by Crippen LogP contribution is -2.20. The number of ether oxygens (including phenoxy) is 1. The maximum atomic E-state index is 15.6. The molecule has 1 aliphatic heterocycles. The van der Waals surface area contributed by atoms with Gasteiger partial charge in [-0.25, -0.2) is 13.2 Å². The molecule has 7 heteroatoms. The number of halogens is 3. The first-order valence-corrected chi connectivity index (χ1v) is 11.1. The Kier molecular flexibility index (Phi) is 5.99. The van der Waals surface area contributed by atoms with Crippen molar-refractivity contribution in [1.29, 1.82) is 0 Å². The third-order valence-electron chi connectivity index (χ3n) is 5.82. The van der Waals surface area contributed by atoms with Gasteiger partial charge in [0.05, 0.1) is 16.5 Å². The fourth-order valence-corrected chi connectivity index (χ4v) is 5.29. The van der Waals surface area contributed by atoms with Gasteiger partial charge >= 0.3 is 0 Å². The number of hydrogen-bond acceptors (Lipinski definition) is 4. The maximum absolute atomic E-state index is 15.6. The average molecular weight is 448 g/mol. The number of thiophene rings is 1. The van der Waals surface area contributed by atoms with Crippen molar-refractivity contribution in [3.8, 4) is 16.9 Å². The van der Waals surface area contributed by atoms with Crippen molar-refractivity contribution in [3.05, 3.63) is 57.7 Å². The van der Waals surface area contributed by atoms with E-state index in [1.54, 1.807) is 0 Å². The van der Waals surface area contributed by atoms with Crippen LogP contribution >= 0.6 is 11.3 Å². The number of rotatable bonds is 2. The first kappa shape index (κ1) is 21.7. The minimum Gasteiger partial charge on any atom is -0.506 e. The molecule has 3 aromatic rings. The van der Waals surface area contributed by atoms with Gasteiger partial charge in [0.2, 0.25) is 0 Å². The van der Waals surface area contributed by atoms with Crippen molar-refractivity contribution >= 4 is 27.2 Å². The lowest BCUT2D eigenvalue weighted by atomic mass is 9.89. The molecule has 1 aliphatic carbocycles. The molecule has 31 heavy (non-hydrogen) atoms. The van der Waals surface area contributed by atoms with Crippen LogP contribution in [0.3, 0.4) is 0 Å². The Hall–Kier alpha value is -2.51. The van der Waals surface area contributed by atoms with Gasteiger partial charge in [0.25, 0.3) is 0 Å². The molecule has 1 aromatic heterocycles. The predicted octanol–water partition coefficient (Wildman–Crippen LogP) is 6.73. The molecule has 3 N–H and O–H groups in total. The molecule has 0 amide bonds. The van der Waals surface area contributed by atoms with Gasteiger partial charge in [0.1, 0.15) is 29.0 Å². The molecule has 3 nitrogen and oxygen atoms in total. The summed E-state index contributed by atoms with van der Waals surface area (Å²) in [4.78, 5) is 0.392. The zero-order chi connectivity index (χ0) is 22.3. The molecule has 0 saturated heterocycles. The molecule has 0 radical (unpaired) electrons. The van der Waals surface area contributed by atoms with Gasteiger partial charge in [-0.1, -0.05) is 0 Å². The van der Waals surface area contributed by atoms with Crippen molar-refractivity contribution in [3.63, 3.8) is 0 Å². The first-order valence-electron chi connectivity index (χ1n) is 10.3. The van der Waals surface area contributed by atoms with Crippen LogP contribution in [0.15, 0.2) is 29.8 Å². The van der Waals surface area contributed by atoms with Crippen molar-refractivity contribution in [2.24, 2.45) is 5.73 Å². The molecule has 0 spiro atoms. The van der Waals surface area contributed by atoms with Crippen LogP contribution in [-0.4, -0.2) is 18.3 Å². The molecular formula is C24H24F3NO2S. The Labute approximate surface area is 183 Å². The number of fused-ring (bicyclic) bond motifs is 2. The Balaban J connectivity index is 0.00000112. The van der Waals surface area contributed by atoms with Gasteiger partial charge in [-0.05, 0) is 69.8 Å². The lowest BCUT2D eigenvalue weighted by Gasteiger charge is -2.25. The lowest BCUT2D eigenvalue weighted by molar-refractivity contribution is 0.189. The molecule has 1 saturated carbocycles. The molecule has 0 bridgehead atoms. The van der Waals surface area contributed by atoms with E-state index in [-0.39, 0.29) is 23.2 Å². The summed E-state index contributed by atoms with van der Waals surface area (Å²) in [6.07, 6.45) is 3.50. The molecule has 2 aliphatic rings. The van der Waals surface area contributed by atoms with Crippen LogP contribution in [0.4, 0.5) is 13.2 Å². The number of allylic oxidation sites excluding steroid dienone is 1. The van der Waals surface area contributed by atoms with Crippen LogP contribution in [0.1, 0.15) is 43.0 Å². The average Bonchev–Trinajstić information content (AvgIpc) is 3.06. The van der Waals surface area contributed by atoms with E-state index in [0.717, 1.165) is 36.2 Å². The second-order valence-corrected chi connectivity index (χ2v) is 8.80. The third kappa shape index (κ3) is 3.70. The molecule has 1 unspecified atom stereocenters. The zero-order valence-corrected chi connectivity index (χ0v) is 18.2. The summed E-state index contributed by atoms with van der Waals surface area (Å²) in [5, 5.41) is 11.4. The molecule has 5 rings (SSSR count). The van der Waals surface area contributed by atoms with Crippen LogP contribution in [0.2, 0.25) is 0 Å². The Morgan fingerprint density at radius 1 is 1.10 bits per heavy atom. The van der Waals surface area contributed by atoms with E-state index in [1.807, 2.05) is 6.92 Å². The molecule has 2 heterocycles. The highest BCUT2D eigenvalue weighted by Crippen LogP contribution is 2.48. The second kappa shape index (κ2) is 8.55. The predicted molar refractivity (Wildman–Crippen MR) is 119 cm³/mol. The van der Waals surface area contributed by atoms with Crippen molar-refractivity contribution in [2.45, 2.75) is 45.1 Å². The second-order valence-electron chi connectivity index (χ2n) is 7.74. The van der Waals surface area contributed by atoms with E-state index >= 15 is 8.78 Å². The van der Waals surface area contributed by atoms with Crippen molar-refractivity contribution in [2.75, 3.05) is 7.05 Å². The molecule has 1 fully saturated rings. The Morgan fingerprint density at radius 3 is 2.52 bits per heavy atom. The number of aliphatic hydroxyl groups is 1. The SMILES string of the molecule is CC1CCc2c(cc(F)c(-c3c(C(O)=C4CCC4)sc4cc(F)ccc34)c2F)O1.CN. The van der Waals surface area contributed by atoms with E-state index < -0.39 is 17.5 Å². The summed E-state index contributed by atoms with van der Waals surface area (Å²) in [7, 11) is 1.50. The van der Waals surface area contributed by atoms with E-state index in [1.165, 1.54) is 31.3 Å². The van der Waals surface area contributed by atoms with Crippen LogP contribution in [-0.2, 0) is 6.42 Å². The topological polar surface area (TPSA) is 55.5 Å². The summed E-state index contributed by atoms with van der Waals surface area (Å²) in [5.74, 6) is -1.54. The van der Waals surface area contributed by atoms with Gasteiger partial charge in [0.15, 0.2) is 0 Å². The molecule has 164 valence electrons. The van der Waals surface area contributed by atoms with Gasteiger partial charge in [-0.2, -0.15) is 0 Å². The first-order chi connectivity index (χ1) is 14.9. The molecule has 2 aromatic carbocycles. The standard InChI is InChI=1S/C23H19F3O2S.CH5N/c1-11-5-7-14-17(28-11)10-16(25)20(21(14)26)19-15-8-6-13(24)9-18(15)29-23(19)22(27)12-3-2-4-12;1-2/h6,8-11,27H,2-5,7H2,1H3;2H2,1H3. The monoisotopic (exact) mass is 447 g/mol. The summed E-state index contributed by atoms with van der Waals surface area (Å²) >= 11 is 1.16. The van der Waals surface area contributed by atoms with E-state index in [9.17, 15) is 9.50 Å². The van der Waals surface area contributed by atoms with Gasteiger partial charge in [-0.3, -0.25) is 0 Å². The number of nitrogens with two attached hydrogens (primary N) is 1. The fraction of sp³-hybridized carbons (Fsp3) is 0.333. The van der Waals surface area contributed by atoms with Crippen molar-refractivity contribution in [1.82, 2.24) is 0 Å². The van der Waals surface area contributed by atoms with Crippen LogP contribution < -0.4 is 10.5 Å². The summed E-state index contributed by atoms with van der Waals surface area (Å²) in [6, 6.07) is 5.36. The normalized spacial score (nSPS) is 17.4.